The standard InChI is InChI=1S/C25H30N4O5S2/c1-25(2,3)29-36(32,33)21-12-16(17-7-11-22(30)27-13-17)6-10-19(21)20-14-28-23(35-20)15-4-8-18(9-5-15)34-24(26)31/h6-7,10-15,18,29H,4-5,8-9H2,1-3H3,(H2,26,31)(H,27,30)/t15-,18-. The summed E-state index contributed by atoms with van der Waals surface area (Å²) in [6.45, 7) is 5.38. The van der Waals surface area contributed by atoms with Gasteiger partial charge in [0.1, 0.15) is 6.10 Å². The van der Waals surface area contributed by atoms with Gasteiger partial charge in [-0.05, 0) is 64.2 Å². The molecule has 1 aromatic carbocycles. The number of ether oxygens (including phenoxy) is 1. The maximum absolute atomic E-state index is 13.5. The van der Waals surface area contributed by atoms with Crippen LogP contribution in [-0.4, -0.2) is 41.2 Å². The lowest BCUT2D eigenvalue weighted by Crippen LogP contribution is -2.40. The lowest BCUT2D eigenvalue weighted by Gasteiger charge is -2.26. The van der Waals surface area contributed by atoms with Crippen molar-refractivity contribution in [1.29, 1.82) is 0 Å². The van der Waals surface area contributed by atoms with Crippen LogP contribution in [0.1, 0.15) is 57.4 Å². The number of thiazole rings is 1. The number of carbonyl (C=O) groups is 1. The molecule has 36 heavy (non-hydrogen) atoms. The van der Waals surface area contributed by atoms with Gasteiger partial charge in [-0.2, -0.15) is 0 Å². The molecule has 0 aliphatic heterocycles. The van der Waals surface area contributed by atoms with Crippen LogP contribution in [0.15, 0.2) is 47.6 Å². The summed E-state index contributed by atoms with van der Waals surface area (Å²) in [6, 6.07) is 8.40. The van der Waals surface area contributed by atoms with E-state index < -0.39 is 21.7 Å². The number of primary amides is 1. The third kappa shape index (κ3) is 6.21. The molecule has 1 saturated carbocycles. The third-order valence-electron chi connectivity index (χ3n) is 5.89. The fraction of sp³-hybridized carbons (Fsp3) is 0.400. The molecule has 1 amide bonds. The number of hydrogen-bond donors (Lipinski definition) is 3. The van der Waals surface area contributed by atoms with Crippen LogP contribution in [0.25, 0.3) is 21.6 Å². The van der Waals surface area contributed by atoms with E-state index in [4.69, 9.17) is 10.5 Å². The summed E-state index contributed by atoms with van der Waals surface area (Å²) in [5, 5.41) is 10.5. The van der Waals surface area contributed by atoms with E-state index in [0.29, 0.717) is 29.5 Å². The average molecular weight is 531 g/mol. The highest BCUT2D eigenvalue weighted by atomic mass is 32.2. The van der Waals surface area contributed by atoms with Gasteiger partial charge in [-0.25, -0.2) is 27.9 Å². The fourth-order valence-corrected chi connectivity index (χ4v) is 7.19. The highest BCUT2D eigenvalue weighted by Gasteiger charge is 2.29. The number of nitrogens with two attached hydrogens (primary N) is 1. The minimum Gasteiger partial charge on any atom is -0.493 e. The van der Waals surface area contributed by atoms with Crippen LogP contribution in [0, 0.1) is 0 Å². The van der Waals surface area contributed by atoms with Crippen molar-refractivity contribution in [2.45, 2.75) is 68.9 Å². The van der Waals surface area contributed by atoms with Gasteiger partial charge in [-0.15, -0.1) is 11.3 Å². The molecule has 1 aliphatic rings. The number of hydrogen-bond acceptors (Lipinski definition) is 8. The Morgan fingerprint density at radius 1 is 1.08 bits per heavy atom. The number of amides is 1. The van der Waals surface area contributed by atoms with Gasteiger partial charge in [-0.1, -0.05) is 12.1 Å². The summed E-state index contributed by atoms with van der Waals surface area (Å²) < 4.78 is 34.8. The molecule has 0 atom stereocenters. The number of nitrogens with zero attached hydrogens (tertiary/aromatic N) is 2. The molecule has 0 unspecified atom stereocenters. The van der Waals surface area contributed by atoms with Gasteiger partial charge in [-0.3, -0.25) is 0 Å². The lowest BCUT2D eigenvalue weighted by atomic mass is 9.88. The normalized spacial score (nSPS) is 18.6. The highest BCUT2D eigenvalue weighted by Crippen LogP contribution is 2.40. The van der Waals surface area contributed by atoms with Crippen LogP contribution in [-0.2, 0) is 14.8 Å². The van der Waals surface area contributed by atoms with Crippen molar-refractivity contribution in [3.63, 3.8) is 0 Å². The SMILES string of the molecule is CC(C)(C)NS(=O)(=O)c1cc(-c2ccc(O)nc2)ccc1-c1cnc([C@H]2CC[C@H](OC(N)=O)CC2)s1. The zero-order valence-electron chi connectivity index (χ0n) is 20.4. The Kier molecular flexibility index (Phi) is 7.35. The number of aromatic nitrogens is 2. The van der Waals surface area contributed by atoms with Gasteiger partial charge in [0.2, 0.25) is 15.9 Å². The summed E-state index contributed by atoms with van der Waals surface area (Å²) in [7, 11) is -3.87. The molecule has 1 fully saturated rings. The minimum absolute atomic E-state index is 0.106. The molecule has 4 N–H and O–H groups in total. The first-order chi connectivity index (χ1) is 16.9. The van der Waals surface area contributed by atoms with E-state index in [1.807, 2.05) is 6.07 Å². The topological polar surface area (TPSA) is 144 Å². The predicted octanol–water partition coefficient (Wildman–Crippen LogP) is 4.78. The van der Waals surface area contributed by atoms with Crippen LogP contribution >= 0.6 is 11.3 Å². The first-order valence-electron chi connectivity index (χ1n) is 11.7. The number of aromatic hydroxyl groups is 1. The molecule has 9 nitrogen and oxygen atoms in total. The second-order valence-corrected chi connectivity index (χ2v) is 12.7. The third-order valence-corrected chi connectivity index (χ3v) is 8.88. The lowest BCUT2D eigenvalue weighted by molar-refractivity contribution is 0.0787. The molecule has 2 heterocycles. The van der Waals surface area contributed by atoms with E-state index in [1.165, 1.54) is 23.6 Å². The molecular formula is C25H30N4O5S2. The van der Waals surface area contributed by atoms with Crippen molar-refractivity contribution >= 4 is 27.5 Å². The second kappa shape index (κ2) is 10.2. The van der Waals surface area contributed by atoms with Gasteiger partial charge in [0.25, 0.3) is 0 Å². The predicted molar refractivity (Wildman–Crippen MR) is 138 cm³/mol. The Morgan fingerprint density at radius 3 is 2.39 bits per heavy atom. The van der Waals surface area contributed by atoms with Crippen molar-refractivity contribution < 1.29 is 23.1 Å². The van der Waals surface area contributed by atoms with Crippen molar-refractivity contribution in [2.24, 2.45) is 5.73 Å². The number of rotatable bonds is 6. The Bertz CT molecular complexity index is 1340. The Labute approximate surface area is 214 Å². The van der Waals surface area contributed by atoms with Crippen molar-refractivity contribution in [3.05, 3.63) is 47.7 Å². The van der Waals surface area contributed by atoms with Gasteiger partial charge >= 0.3 is 6.09 Å². The number of nitrogens with one attached hydrogen (secondary N) is 1. The van der Waals surface area contributed by atoms with E-state index in [-0.39, 0.29) is 22.8 Å². The molecule has 0 bridgehead atoms. The Morgan fingerprint density at radius 2 is 1.78 bits per heavy atom. The molecule has 0 spiro atoms. The van der Waals surface area contributed by atoms with Gasteiger partial charge in [0, 0.05) is 41.0 Å². The molecular weight excluding hydrogens is 500 g/mol. The van der Waals surface area contributed by atoms with Crippen LogP contribution in [0.3, 0.4) is 0 Å². The van der Waals surface area contributed by atoms with Crippen LogP contribution < -0.4 is 10.5 Å². The summed E-state index contributed by atoms with van der Waals surface area (Å²) in [5.74, 6) is 0.108. The molecule has 192 valence electrons. The van der Waals surface area contributed by atoms with Crippen LogP contribution in [0.4, 0.5) is 4.79 Å². The molecule has 0 saturated heterocycles. The minimum atomic E-state index is -3.87. The van der Waals surface area contributed by atoms with Crippen molar-refractivity contribution in [2.75, 3.05) is 0 Å². The highest BCUT2D eigenvalue weighted by molar-refractivity contribution is 7.89. The largest absolute Gasteiger partial charge is 0.493 e. The molecule has 2 aromatic heterocycles. The van der Waals surface area contributed by atoms with Crippen molar-refractivity contribution in [3.8, 4) is 27.4 Å². The fourth-order valence-electron chi connectivity index (χ4n) is 4.34. The van der Waals surface area contributed by atoms with Gasteiger partial charge < -0.3 is 15.6 Å². The summed E-state index contributed by atoms with van der Waals surface area (Å²) >= 11 is 1.48. The number of benzene rings is 1. The molecule has 3 aromatic rings. The summed E-state index contributed by atoms with van der Waals surface area (Å²) in [6.07, 6.45) is 5.36. The molecule has 4 rings (SSSR count). The van der Waals surface area contributed by atoms with E-state index in [9.17, 15) is 18.3 Å². The first-order valence-corrected chi connectivity index (χ1v) is 14.0. The van der Waals surface area contributed by atoms with Crippen LogP contribution in [0.2, 0.25) is 0 Å². The molecule has 1 aliphatic carbocycles. The summed E-state index contributed by atoms with van der Waals surface area (Å²) in [4.78, 5) is 20.5. The van der Waals surface area contributed by atoms with E-state index in [2.05, 4.69) is 14.7 Å². The number of carbonyl (C=O) groups excluding carboxylic acids is 1. The summed E-state index contributed by atoms with van der Waals surface area (Å²) in [5.41, 5.74) is 6.39. The number of pyridine rings is 1. The van der Waals surface area contributed by atoms with Crippen molar-refractivity contribution in [1.82, 2.24) is 14.7 Å². The van der Waals surface area contributed by atoms with Gasteiger partial charge in [0.15, 0.2) is 0 Å². The zero-order chi connectivity index (χ0) is 26.1. The monoisotopic (exact) mass is 530 g/mol. The second-order valence-electron chi connectivity index (χ2n) is 9.94. The molecule has 11 heteroatoms. The first kappa shape index (κ1) is 26.1. The Balaban J connectivity index is 1.68. The number of sulfonamides is 1. The van der Waals surface area contributed by atoms with Crippen LogP contribution in [0.5, 0.6) is 5.88 Å². The maximum Gasteiger partial charge on any atom is 0.404 e. The van der Waals surface area contributed by atoms with E-state index in [1.54, 1.807) is 45.2 Å². The van der Waals surface area contributed by atoms with Gasteiger partial charge in [0.05, 0.1) is 14.8 Å². The van der Waals surface area contributed by atoms with E-state index in [0.717, 1.165) is 22.7 Å². The molecule has 0 radical (unpaired) electrons. The zero-order valence-corrected chi connectivity index (χ0v) is 22.0. The van der Waals surface area contributed by atoms with E-state index >= 15 is 0 Å². The quantitative estimate of drug-likeness (QED) is 0.416. The Hall–Kier alpha value is -3.02. The maximum atomic E-state index is 13.5. The average Bonchev–Trinajstić information content (AvgIpc) is 3.28. The smallest absolute Gasteiger partial charge is 0.404 e.